The summed E-state index contributed by atoms with van der Waals surface area (Å²) < 4.78 is 1.53. The van der Waals surface area contributed by atoms with Gasteiger partial charge in [0.2, 0.25) is 0 Å². The number of hydrogen-bond acceptors (Lipinski definition) is 4. The molecule has 0 fully saturated rings. The Balaban J connectivity index is 2.25. The highest BCUT2D eigenvalue weighted by Crippen LogP contribution is 2.06. The molecule has 88 valence electrons. The molecular weight excluding hydrogens is 218 g/mol. The molecule has 1 amide bonds. The van der Waals surface area contributed by atoms with Crippen LogP contribution < -0.4 is 0 Å². The van der Waals surface area contributed by atoms with Crippen molar-refractivity contribution in [3.8, 4) is 5.82 Å². The number of carbonyl (C=O) groups is 1. The SMILES string of the molecule is CCN(C)C(=O)c1cnn(-c2cnccn2)c1. The van der Waals surface area contributed by atoms with E-state index in [1.165, 1.54) is 10.9 Å². The summed E-state index contributed by atoms with van der Waals surface area (Å²) in [5.41, 5.74) is 0.542. The Labute approximate surface area is 98.9 Å². The van der Waals surface area contributed by atoms with Gasteiger partial charge >= 0.3 is 0 Å². The molecule has 0 aliphatic rings. The molecule has 6 nitrogen and oxygen atoms in total. The van der Waals surface area contributed by atoms with Crippen LogP contribution in [0.5, 0.6) is 0 Å². The second kappa shape index (κ2) is 4.73. The van der Waals surface area contributed by atoms with Crippen LogP contribution in [0.25, 0.3) is 5.82 Å². The van der Waals surface area contributed by atoms with Crippen LogP contribution in [-0.4, -0.2) is 44.1 Å². The van der Waals surface area contributed by atoms with Gasteiger partial charge in [-0.2, -0.15) is 5.10 Å². The minimum absolute atomic E-state index is 0.0531. The molecule has 2 aromatic rings. The number of rotatable bonds is 3. The summed E-state index contributed by atoms with van der Waals surface area (Å²) in [6.45, 7) is 2.58. The lowest BCUT2D eigenvalue weighted by Gasteiger charge is -2.12. The van der Waals surface area contributed by atoms with Crippen LogP contribution >= 0.6 is 0 Å². The summed E-state index contributed by atoms with van der Waals surface area (Å²) in [4.78, 5) is 21.5. The van der Waals surface area contributed by atoms with Crippen LogP contribution in [0.2, 0.25) is 0 Å². The largest absolute Gasteiger partial charge is 0.342 e. The molecule has 0 aliphatic carbocycles. The molecule has 2 heterocycles. The number of nitrogens with zero attached hydrogens (tertiary/aromatic N) is 5. The second-order valence-electron chi connectivity index (χ2n) is 3.56. The van der Waals surface area contributed by atoms with E-state index in [-0.39, 0.29) is 5.91 Å². The summed E-state index contributed by atoms with van der Waals surface area (Å²) in [6.07, 6.45) is 7.94. The van der Waals surface area contributed by atoms with E-state index in [1.54, 1.807) is 36.7 Å². The van der Waals surface area contributed by atoms with Crippen molar-refractivity contribution in [2.75, 3.05) is 13.6 Å². The van der Waals surface area contributed by atoms with E-state index < -0.39 is 0 Å². The van der Waals surface area contributed by atoms with Crippen LogP contribution in [0.3, 0.4) is 0 Å². The molecule has 2 rings (SSSR count). The van der Waals surface area contributed by atoms with E-state index in [1.807, 2.05) is 6.92 Å². The van der Waals surface area contributed by atoms with Gasteiger partial charge in [0.1, 0.15) is 0 Å². The van der Waals surface area contributed by atoms with Crippen LogP contribution in [0.15, 0.2) is 31.0 Å². The molecule has 0 N–H and O–H groups in total. The van der Waals surface area contributed by atoms with Crippen molar-refractivity contribution >= 4 is 5.91 Å². The van der Waals surface area contributed by atoms with E-state index >= 15 is 0 Å². The Kier molecular flexibility index (Phi) is 3.13. The molecule has 0 radical (unpaired) electrons. The Hall–Kier alpha value is -2.24. The normalized spacial score (nSPS) is 10.2. The first-order valence-corrected chi connectivity index (χ1v) is 5.29. The van der Waals surface area contributed by atoms with Gasteiger partial charge in [-0.15, -0.1) is 0 Å². The first kappa shape index (κ1) is 11.3. The maximum Gasteiger partial charge on any atom is 0.256 e. The summed E-state index contributed by atoms with van der Waals surface area (Å²) in [7, 11) is 1.75. The summed E-state index contributed by atoms with van der Waals surface area (Å²) in [6, 6.07) is 0. The molecule has 0 unspecified atom stereocenters. The van der Waals surface area contributed by atoms with Gasteiger partial charge in [0.25, 0.3) is 5.91 Å². The van der Waals surface area contributed by atoms with E-state index in [0.717, 1.165) is 0 Å². The Morgan fingerprint density at radius 3 is 2.88 bits per heavy atom. The van der Waals surface area contributed by atoms with Gasteiger partial charge in [0.15, 0.2) is 5.82 Å². The third-order valence-electron chi connectivity index (χ3n) is 2.43. The molecule has 0 aromatic carbocycles. The van der Waals surface area contributed by atoms with Crippen molar-refractivity contribution in [3.63, 3.8) is 0 Å². The predicted molar refractivity (Wildman–Crippen MR) is 61.8 cm³/mol. The van der Waals surface area contributed by atoms with Crippen LogP contribution in [0, 0.1) is 0 Å². The van der Waals surface area contributed by atoms with Gasteiger partial charge in [-0.25, -0.2) is 9.67 Å². The smallest absolute Gasteiger partial charge is 0.256 e. The van der Waals surface area contributed by atoms with Gasteiger partial charge in [0, 0.05) is 32.2 Å². The van der Waals surface area contributed by atoms with Crippen molar-refractivity contribution in [2.45, 2.75) is 6.92 Å². The van der Waals surface area contributed by atoms with E-state index in [9.17, 15) is 4.79 Å². The van der Waals surface area contributed by atoms with Gasteiger partial charge in [-0.05, 0) is 6.92 Å². The van der Waals surface area contributed by atoms with Crippen molar-refractivity contribution in [1.82, 2.24) is 24.6 Å². The number of amides is 1. The zero-order chi connectivity index (χ0) is 12.3. The molecule has 17 heavy (non-hydrogen) atoms. The van der Waals surface area contributed by atoms with Gasteiger partial charge < -0.3 is 4.90 Å². The minimum Gasteiger partial charge on any atom is -0.342 e. The van der Waals surface area contributed by atoms with Gasteiger partial charge in [0.05, 0.1) is 18.0 Å². The number of carbonyl (C=O) groups excluding carboxylic acids is 1. The van der Waals surface area contributed by atoms with E-state index in [4.69, 9.17) is 0 Å². The maximum atomic E-state index is 11.9. The minimum atomic E-state index is -0.0531. The summed E-state index contributed by atoms with van der Waals surface area (Å²) in [5.74, 6) is 0.536. The summed E-state index contributed by atoms with van der Waals surface area (Å²) in [5, 5.41) is 4.09. The predicted octanol–water partition coefficient (Wildman–Crippen LogP) is 0.754. The summed E-state index contributed by atoms with van der Waals surface area (Å²) >= 11 is 0. The average Bonchev–Trinajstić information content (AvgIpc) is 2.87. The molecule has 0 saturated carbocycles. The standard InChI is InChI=1S/C11H13N5O/c1-3-15(2)11(17)9-6-14-16(8-9)10-7-12-4-5-13-10/h4-8H,3H2,1-2H3. The molecule has 0 saturated heterocycles. The molecule has 0 bridgehead atoms. The quantitative estimate of drug-likeness (QED) is 0.782. The Morgan fingerprint density at radius 2 is 2.24 bits per heavy atom. The fourth-order valence-electron chi connectivity index (χ4n) is 1.33. The Bertz CT molecular complexity index is 508. The number of hydrogen-bond donors (Lipinski definition) is 0. The molecule has 0 spiro atoms. The van der Waals surface area contributed by atoms with Crippen LogP contribution in [0.1, 0.15) is 17.3 Å². The van der Waals surface area contributed by atoms with Crippen molar-refractivity contribution in [3.05, 3.63) is 36.5 Å². The van der Waals surface area contributed by atoms with E-state index in [0.29, 0.717) is 17.9 Å². The Morgan fingerprint density at radius 1 is 1.41 bits per heavy atom. The lowest BCUT2D eigenvalue weighted by Crippen LogP contribution is -2.25. The zero-order valence-electron chi connectivity index (χ0n) is 9.74. The molecule has 0 atom stereocenters. The zero-order valence-corrected chi connectivity index (χ0v) is 9.74. The lowest BCUT2D eigenvalue weighted by atomic mass is 10.3. The van der Waals surface area contributed by atoms with Gasteiger partial charge in [-0.3, -0.25) is 9.78 Å². The highest BCUT2D eigenvalue weighted by atomic mass is 16.2. The van der Waals surface area contributed by atoms with Crippen LogP contribution in [0.4, 0.5) is 0 Å². The topological polar surface area (TPSA) is 63.9 Å². The number of aromatic nitrogens is 4. The van der Waals surface area contributed by atoms with Crippen molar-refractivity contribution in [2.24, 2.45) is 0 Å². The average molecular weight is 231 g/mol. The molecule has 2 aromatic heterocycles. The second-order valence-corrected chi connectivity index (χ2v) is 3.56. The third-order valence-corrected chi connectivity index (χ3v) is 2.43. The highest BCUT2D eigenvalue weighted by Gasteiger charge is 2.12. The van der Waals surface area contributed by atoms with Gasteiger partial charge in [-0.1, -0.05) is 0 Å². The fraction of sp³-hybridized carbons (Fsp3) is 0.273. The highest BCUT2D eigenvalue weighted by molar-refractivity contribution is 5.93. The maximum absolute atomic E-state index is 11.9. The van der Waals surface area contributed by atoms with Crippen molar-refractivity contribution in [1.29, 1.82) is 0 Å². The fourth-order valence-corrected chi connectivity index (χ4v) is 1.33. The first-order valence-electron chi connectivity index (χ1n) is 5.29. The third kappa shape index (κ3) is 2.30. The van der Waals surface area contributed by atoms with Crippen LogP contribution in [-0.2, 0) is 0 Å². The molecule has 0 aliphatic heterocycles. The molecular formula is C11H13N5O. The van der Waals surface area contributed by atoms with E-state index in [2.05, 4.69) is 15.1 Å². The first-order chi connectivity index (χ1) is 8.22. The monoisotopic (exact) mass is 231 g/mol. The lowest BCUT2D eigenvalue weighted by molar-refractivity contribution is 0.0802. The van der Waals surface area contributed by atoms with Crippen molar-refractivity contribution < 1.29 is 4.79 Å². The molecule has 6 heteroatoms.